The summed E-state index contributed by atoms with van der Waals surface area (Å²) in [5.41, 5.74) is 0.303. The second-order valence-electron chi connectivity index (χ2n) is 10.2. The highest BCUT2D eigenvalue weighted by molar-refractivity contribution is 7.92. The van der Waals surface area contributed by atoms with E-state index in [1.54, 1.807) is 49.4 Å². The van der Waals surface area contributed by atoms with Crippen LogP contribution in [-0.4, -0.2) is 50.4 Å². The number of benzene rings is 3. The fourth-order valence-corrected chi connectivity index (χ4v) is 5.84. The van der Waals surface area contributed by atoms with Gasteiger partial charge in [-0.3, -0.25) is 13.9 Å². The summed E-state index contributed by atoms with van der Waals surface area (Å²) in [5.74, 6) is -0.625. The van der Waals surface area contributed by atoms with Crippen molar-refractivity contribution in [3.63, 3.8) is 0 Å². The molecule has 8 nitrogen and oxygen atoms in total. The average Bonchev–Trinajstić information content (AvgIpc) is 2.89. The van der Waals surface area contributed by atoms with E-state index >= 15 is 0 Å². The van der Waals surface area contributed by atoms with Gasteiger partial charge >= 0.3 is 0 Å². The van der Waals surface area contributed by atoms with E-state index in [0.717, 1.165) is 4.31 Å². The van der Waals surface area contributed by atoms with E-state index in [1.807, 2.05) is 20.8 Å². The van der Waals surface area contributed by atoms with Crippen molar-refractivity contribution in [2.75, 3.05) is 18.0 Å². The van der Waals surface area contributed by atoms with Gasteiger partial charge in [0.1, 0.15) is 18.3 Å². The van der Waals surface area contributed by atoms with Crippen LogP contribution in [0.1, 0.15) is 33.3 Å². The van der Waals surface area contributed by atoms with Gasteiger partial charge in [0.15, 0.2) is 0 Å². The van der Waals surface area contributed by atoms with Crippen molar-refractivity contribution in [2.45, 2.75) is 50.7 Å². The van der Waals surface area contributed by atoms with Crippen LogP contribution in [0, 0.1) is 0 Å². The van der Waals surface area contributed by atoms with E-state index in [9.17, 15) is 18.0 Å². The second kappa shape index (κ2) is 12.9. The van der Waals surface area contributed by atoms with Gasteiger partial charge in [-0.15, -0.1) is 0 Å². The van der Waals surface area contributed by atoms with Crippen LogP contribution in [0.2, 0.25) is 10.0 Å². The van der Waals surface area contributed by atoms with Crippen LogP contribution in [0.15, 0.2) is 77.7 Å². The van der Waals surface area contributed by atoms with Crippen LogP contribution >= 0.6 is 23.2 Å². The molecule has 0 radical (unpaired) electrons. The number of methoxy groups -OCH3 is 1. The molecular formula is C29H33Cl2N3O5S. The lowest BCUT2D eigenvalue weighted by molar-refractivity contribution is -0.140. The minimum absolute atomic E-state index is 0.00495. The highest BCUT2D eigenvalue weighted by Crippen LogP contribution is 2.32. The number of halogens is 2. The molecule has 0 aliphatic carbocycles. The summed E-state index contributed by atoms with van der Waals surface area (Å²) < 4.78 is 33.9. The van der Waals surface area contributed by atoms with Gasteiger partial charge in [0.05, 0.1) is 22.7 Å². The van der Waals surface area contributed by atoms with Crippen molar-refractivity contribution in [1.29, 1.82) is 0 Å². The Hall–Kier alpha value is -3.27. The van der Waals surface area contributed by atoms with E-state index in [4.69, 9.17) is 27.9 Å². The summed E-state index contributed by atoms with van der Waals surface area (Å²) in [5, 5.41) is 3.54. The number of hydrogen-bond donors (Lipinski definition) is 1. The summed E-state index contributed by atoms with van der Waals surface area (Å²) in [7, 11) is -2.76. The van der Waals surface area contributed by atoms with Gasteiger partial charge in [0.2, 0.25) is 11.8 Å². The maximum absolute atomic E-state index is 14.0. The van der Waals surface area contributed by atoms with E-state index in [-0.39, 0.29) is 28.1 Å². The standard InChI is InChI=1S/C29H33Cl2N3O5S/c1-20(28(36)32-29(2,3)4)33(18-21-10-9-11-22(30)16-21)27(35)19-34(23-14-15-26(39-5)25(31)17-23)40(37,38)24-12-7-6-8-13-24/h6-17,20H,18-19H2,1-5H3,(H,32,36). The number of nitrogens with one attached hydrogen (secondary N) is 1. The normalized spacial score (nSPS) is 12.4. The van der Waals surface area contributed by atoms with Gasteiger partial charge < -0.3 is 15.0 Å². The fraction of sp³-hybridized carbons (Fsp3) is 0.310. The highest BCUT2D eigenvalue weighted by atomic mass is 35.5. The Bertz CT molecular complexity index is 1460. The van der Waals surface area contributed by atoms with Crippen molar-refractivity contribution in [3.8, 4) is 5.75 Å². The minimum Gasteiger partial charge on any atom is -0.495 e. The van der Waals surface area contributed by atoms with Gasteiger partial charge in [0, 0.05) is 17.1 Å². The molecule has 0 heterocycles. The molecule has 0 aliphatic rings. The molecule has 1 unspecified atom stereocenters. The van der Waals surface area contributed by atoms with Crippen molar-refractivity contribution in [3.05, 3.63) is 88.4 Å². The average molecular weight is 607 g/mol. The molecule has 214 valence electrons. The first kappa shape index (κ1) is 31.3. The predicted octanol–water partition coefficient (Wildman–Crippen LogP) is 5.53. The van der Waals surface area contributed by atoms with Crippen LogP contribution in [0.3, 0.4) is 0 Å². The van der Waals surface area contributed by atoms with Gasteiger partial charge in [0.25, 0.3) is 10.0 Å². The summed E-state index contributed by atoms with van der Waals surface area (Å²) >= 11 is 12.5. The molecule has 0 spiro atoms. The zero-order valence-corrected chi connectivity index (χ0v) is 25.3. The van der Waals surface area contributed by atoms with E-state index in [2.05, 4.69) is 5.32 Å². The summed E-state index contributed by atoms with van der Waals surface area (Å²) in [6.07, 6.45) is 0. The Morgan fingerprint density at radius 1 is 0.975 bits per heavy atom. The van der Waals surface area contributed by atoms with Crippen molar-refractivity contribution in [1.82, 2.24) is 10.2 Å². The van der Waals surface area contributed by atoms with E-state index in [1.165, 1.54) is 42.3 Å². The molecular weight excluding hydrogens is 573 g/mol. The van der Waals surface area contributed by atoms with Crippen molar-refractivity contribution < 1.29 is 22.7 Å². The molecule has 0 saturated carbocycles. The van der Waals surface area contributed by atoms with Crippen molar-refractivity contribution >= 4 is 50.7 Å². The van der Waals surface area contributed by atoms with Gasteiger partial charge in [-0.2, -0.15) is 0 Å². The number of amides is 2. The number of carbonyl (C=O) groups excluding carboxylic acids is 2. The molecule has 0 aromatic heterocycles. The first-order valence-electron chi connectivity index (χ1n) is 12.5. The molecule has 40 heavy (non-hydrogen) atoms. The SMILES string of the molecule is COc1ccc(N(CC(=O)N(Cc2cccc(Cl)c2)C(C)C(=O)NC(C)(C)C)S(=O)(=O)c2ccccc2)cc1Cl. The quantitative estimate of drug-likeness (QED) is 0.328. The van der Waals surface area contributed by atoms with Crippen LogP contribution in [0.25, 0.3) is 0 Å². The molecule has 0 fully saturated rings. The van der Waals surface area contributed by atoms with Crippen LogP contribution in [0.5, 0.6) is 5.75 Å². The lowest BCUT2D eigenvalue weighted by Gasteiger charge is -2.33. The Labute approximate surface area is 245 Å². The summed E-state index contributed by atoms with van der Waals surface area (Å²) in [6.45, 7) is 6.55. The van der Waals surface area contributed by atoms with Crippen LogP contribution in [-0.2, 0) is 26.2 Å². The van der Waals surface area contributed by atoms with Gasteiger partial charge in [-0.1, -0.05) is 53.5 Å². The third-order valence-corrected chi connectivity index (χ3v) is 8.26. The highest BCUT2D eigenvalue weighted by Gasteiger charge is 2.33. The molecule has 0 bridgehead atoms. The molecule has 3 aromatic rings. The first-order valence-corrected chi connectivity index (χ1v) is 14.7. The van der Waals surface area contributed by atoms with Crippen LogP contribution in [0.4, 0.5) is 5.69 Å². The third-order valence-electron chi connectivity index (χ3n) is 5.94. The van der Waals surface area contributed by atoms with E-state index in [0.29, 0.717) is 16.3 Å². The Morgan fingerprint density at radius 2 is 1.65 bits per heavy atom. The molecule has 3 rings (SSSR count). The monoisotopic (exact) mass is 605 g/mol. The predicted molar refractivity (Wildman–Crippen MR) is 158 cm³/mol. The maximum atomic E-state index is 14.0. The number of hydrogen-bond acceptors (Lipinski definition) is 5. The van der Waals surface area contributed by atoms with E-state index < -0.39 is 34.1 Å². The van der Waals surface area contributed by atoms with Crippen LogP contribution < -0.4 is 14.4 Å². The smallest absolute Gasteiger partial charge is 0.264 e. The minimum atomic E-state index is -4.21. The lowest BCUT2D eigenvalue weighted by Crippen LogP contribution is -2.54. The zero-order chi connectivity index (χ0) is 29.7. The van der Waals surface area contributed by atoms with Crippen molar-refractivity contribution in [2.24, 2.45) is 0 Å². The summed E-state index contributed by atoms with van der Waals surface area (Å²) in [4.78, 5) is 28.5. The Balaban J connectivity index is 2.06. The Kier molecular flexibility index (Phi) is 10.1. The molecule has 1 N–H and O–H groups in total. The van der Waals surface area contributed by atoms with Gasteiger partial charge in [-0.05, 0) is 75.7 Å². The fourth-order valence-electron chi connectivity index (χ4n) is 3.95. The maximum Gasteiger partial charge on any atom is 0.264 e. The summed E-state index contributed by atoms with van der Waals surface area (Å²) in [6, 6.07) is 18.2. The number of anilines is 1. The number of ether oxygens (including phenoxy) is 1. The number of nitrogens with zero attached hydrogens (tertiary/aromatic N) is 2. The number of sulfonamides is 1. The molecule has 0 saturated heterocycles. The first-order chi connectivity index (χ1) is 18.7. The molecule has 11 heteroatoms. The molecule has 3 aromatic carbocycles. The third kappa shape index (κ3) is 7.90. The topological polar surface area (TPSA) is 96.0 Å². The molecule has 2 amide bonds. The lowest BCUT2D eigenvalue weighted by atomic mass is 10.1. The molecule has 1 atom stereocenters. The Morgan fingerprint density at radius 3 is 2.23 bits per heavy atom. The van der Waals surface area contributed by atoms with Gasteiger partial charge in [-0.25, -0.2) is 8.42 Å². The number of carbonyl (C=O) groups is 2. The molecule has 0 aliphatic heterocycles. The number of rotatable bonds is 10. The second-order valence-corrected chi connectivity index (χ2v) is 12.9. The zero-order valence-electron chi connectivity index (χ0n) is 23.0. The largest absolute Gasteiger partial charge is 0.495 e.